The number of rotatable bonds is 3. The highest BCUT2D eigenvalue weighted by Crippen LogP contribution is 2.31. The standard InChI is InChI=1S/C17H19N3O3/c1-11-9-14(21)20-15(18-11)12-5-4-6-13(10-12)19-16(22)17(23)7-2-3-8-17/h4-6,9-10,23H,2-3,7-8H2,1H3,(H,19,22)(H,18,20,21). The van der Waals surface area contributed by atoms with Gasteiger partial charge in [0.05, 0.1) is 0 Å². The maximum atomic E-state index is 12.3. The van der Waals surface area contributed by atoms with E-state index in [0.717, 1.165) is 12.8 Å². The van der Waals surface area contributed by atoms with Crippen molar-refractivity contribution in [2.24, 2.45) is 0 Å². The molecule has 0 saturated heterocycles. The Labute approximate surface area is 133 Å². The summed E-state index contributed by atoms with van der Waals surface area (Å²) < 4.78 is 0. The number of nitrogens with one attached hydrogen (secondary N) is 2. The van der Waals surface area contributed by atoms with Gasteiger partial charge in [-0.1, -0.05) is 12.1 Å². The molecule has 1 saturated carbocycles. The van der Waals surface area contributed by atoms with Gasteiger partial charge in [-0.25, -0.2) is 4.98 Å². The molecule has 1 aromatic heterocycles. The molecule has 0 spiro atoms. The van der Waals surface area contributed by atoms with Crippen LogP contribution in [0, 0.1) is 6.92 Å². The summed E-state index contributed by atoms with van der Waals surface area (Å²) in [6.45, 7) is 1.75. The molecule has 1 aliphatic rings. The largest absolute Gasteiger partial charge is 0.380 e. The summed E-state index contributed by atoms with van der Waals surface area (Å²) in [7, 11) is 0. The van der Waals surface area contributed by atoms with Gasteiger partial charge in [-0.3, -0.25) is 9.59 Å². The molecule has 2 aromatic rings. The molecule has 1 fully saturated rings. The summed E-state index contributed by atoms with van der Waals surface area (Å²) in [5.41, 5.74) is 0.394. The summed E-state index contributed by atoms with van der Waals surface area (Å²) in [5, 5.41) is 13.1. The molecule has 0 aliphatic heterocycles. The Balaban J connectivity index is 1.85. The van der Waals surface area contributed by atoms with Crippen molar-refractivity contribution in [2.75, 3.05) is 5.32 Å². The third kappa shape index (κ3) is 3.32. The summed E-state index contributed by atoms with van der Waals surface area (Å²) >= 11 is 0. The quantitative estimate of drug-likeness (QED) is 0.807. The molecule has 1 heterocycles. The zero-order valence-corrected chi connectivity index (χ0v) is 12.9. The third-order valence-electron chi connectivity index (χ3n) is 4.12. The van der Waals surface area contributed by atoms with E-state index < -0.39 is 5.60 Å². The van der Waals surface area contributed by atoms with E-state index in [1.807, 2.05) is 0 Å². The highest BCUT2D eigenvalue weighted by atomic mass is 16.3. The second kappa shape index (κ2) is 5.96. The van der Waals surface area contributed by atoms with Crippen molar-refractivity contribution in [3.63, 3.8) is 0 Å². The predicted molar refractivity (Wildman–Crippen MR) is 87.1 cm³/mol. The Morgan fingerprint density at radius 1 is 1.30 bits per heavy atom. The van der Waals surface area contributed by atoms with Crippen LogP contribution in [-0.4, -0.2) is 26.6 Å². The van der Waals surface area contributed by atoms with Crippen molar-refractivity contribution in [2.45, 2.75) is 38.2 Å². The van der Waals surface area contributed by atoms with E-state index in [4.69, 9.17) is 0 Å². The number of aromatic nitrogens is 2. The predicted octanol–water partition coefficient (Wildman–Crippen LogP) is 1.99. The molecule has 0 unspecified atom stereocenters. The maximum Gasteiger partial charge on any atom is 0.256 e. The molecular formula is C17H19N3O3. The van der Waals surface area contributed by atoms with Crippen LogP contribution >= 0.6 is 0 Å². The van der Waals surface area contributed by atoms with Crippen LogP contribution in [0.25, 0.3) is 11.4 Å². The lowest BCUT2D eigenvalue weighted by Crippen LogP contribution is -2.40. The molecule has 3 rings (SSSR count). The molecule has 0 radical (unpaired) electrons. The number of benzene rings is 1. The van der Waals surface area contributed by atoms with Gasteiger partial charge in [0.25, 0.3) is 11.5 Å². The van der Waals surface area contributed by atoms with E-state index in [-0.39, 0.29) is 11.5 Å². The van der Waals surface area contributed by atoms with Crippen LogP contribution in [0.15, 0.2) is 35.1 Å². The van der Waals surface area contributed by atoms with Crippen LogP contribution in [0.2, 0.25) is 0 Å². The Morgan fingerprint density at radius 2 is 2.04 bits per heavy atom. The number of anilines is 1. The second-order valence-electron chi connectivity index (χ2n) is 6.01. The first-order valence-corrected chi connectivity index (χ1v) is 7.68. The lowest BCUT2D eigenvalue weighted by molar-refractivity contribution is -0.133. The first-order chi connectivity index (χ1) is 11.0. The fourth-order valence-corrected chi connectivity index (χ4v) is 2.89. The van der Waals surface area contributed by atoms with E-state index in [2.05, 4.69) is 15.3 Å². The van der Waals surface area contributed by atoms with Gasteiger partial charge in [-0.2, -0.15) is 0 Å². The van der Waals surface area contributed by atoms with E-state index >= 15 is 0 Å². The molecule has 3 N–H and O–H groups in total. The van der Waals surface area contributed by atoms with Crippen molar-refractivity contribution in [1.82, 2.24) is 9.97 Å². The minimum atomic E-state index is -1.27. The number of aromatic amines is 1. The third-order valence-corrected chi connectivity index (χ3v) is 4.12. The number of hydrogen-bond acceptors (Lipinski definition) is 4. The molecule has 6 nitrogen and oxygen atoms in total. The molecule has 1 aromatic carbocycles. The van der Waals surface area contributed by atoms with Crippen LogP contribution < -0.4 is 10.9 Å². The zero-order valence-electron chi connectivity index (χ0n) is 12.9. The van der Waals surface area contributed by atoms with Crippen molar-refractivity contribution in [3.8, 4) is 11.4 Å². The number of carbonyl (C=O) groups excluding carboxylic acids is 1. The Morgan fingerprint density at radius 3 is 2.74 bits per heavy atom. The monoisotopic (exact) mass is 313 g/mol. The Bertz CT molecular complexity index is 792. The Hall–Kier alpha value is -2.47. The van der Waals surface area contributed by atoms with Gasteiger partial charge < -0.3 is 15.4 Å². The number of amides is 1. The van der Waals surface area contributed by atoms with Gasteiger partial charge in [0, 0.05) is 23.0 Å². The van der Waals surface area contributed by atoms with Crippen molar-refractivity contribution >= 4 is 11.6 Å². The minimum Gasteiger partial charge on any atom is -0.380 e. The lowest BCUT2D eigenvalue weighted by Gasteiger charge is -2.21. The van der Waals surface area contributed by atoms with Gasteiger partial charge in [0.1, 0.15) is 11.4 Å². The Kier molecular flexibility index (Phi) is 4.00. The van der Waals surface area contributed by atoms with Crippen LogP contribution in [-0.2, 0) is 4.79 Å². The number of hydrogen-bond donors (Lipinski definition) is 3. The first-order valence-electron chi connectivity index (χ1n) is 7.68. The van der Waals surface area contributed by atoms with Crippen LogP contribution in [0.1, 0.15) is 31.4 Å². The van der Waals surface area contributed by atoms with Gasteiger partial charge in [0.15, 0.2) is 0 Å². The second-order valence-corrected chi connectivity index (χ2v) is 6.01. The molecular weight excluding hydrogens is 294 g/mol. The molecule has 23 heavy (non-hydrogen) atoms. The van der Waals surface area contributed by atoms with Crippen LogP contribution in [0.5, 0.6) is 0 Å². The van der Waals surface area contributed by atoms with E-state index in [1.165, 1.54) is 6.07 Å². The highest BCUT2D eigenvalue weighted by molar-refractivity contribution is 5.97. The lowest BCUT2D eigenvalue weighted by atomic mass is 10.0. The van der Waals surface area contributed by atoms with Crippen LogP contribution in [0.3, 0.4) is 0 Å². The molecule has 6 heteroatoms. The maximum absolute atomic E-state index is 12.3. The summed E-state index contributed by atoms with van der Waals surface area (Å²) in [5.74, 6) is 0.0727. The first kappa shape index (κ1) is 15.4. The average molecular weight is 313 g/mol. The minimum absolute atomic E-state index is 0.220. The van der Waals surface area contributed by atoms with Gasteiger partial charge in [-0.05, 0) is 44.7 Å². The van der Waals surface area contributed by atoms with Crippen molar-refractivity contribution in [3.05, 3.63) is 46.4 Å². The molecule has 1 amide bonds. The zero-order chi connectivity index (χ0) is 16.4. The van der Waals surface area contributed by atoms with E-state index in [0.29, 0.717) is 35.6 Å². The summed E-state index contributed by atoms with van der Waals surface area (Å²) in [6, 6.07) is 8.47. The molecule has 0 atom stereocenters. The normalized spacial score (nSPS) is 16.3. The average Bonchev–Trinajstić information content (AvgIpc) is 2.95. The summed E-state index contributed by atoms with van der Waals surface area (Å²) in [6.07, 6.45) is 2.70. The smallest absolute Gasteiger partial charge is 0.256 e. The fraction of sp³-hybridized carbons (Fsp3) is 0.353. The van der Waals surface area contributed by atoms with Crippen LogP contribution in [0.4, 0.5) is 5.69 Å². The van der Waals surface area contributed by atoms with Crippen molar-refractivity contribution in [1.29, 1.82) is 0 Å². The number of aryl methyl sites for hydroxylation is 1. The highest BCUT2D eigenvalue weighted by Gasteiger charge is 2.38. The fourth-order valence-electron chi connectivity index (χ4n) is 2.89. The summed E-state index contributed by atoms with van der Waals surface area (Å²) in [4.78, 5) is 30.8. The van der Waals surface area contributed by atoms with Crippen molar-refractivity contribution < 1.29 is 9.90 Å². The molecule has 1 aliphatic carbocycles. The number of H-pyrrole nitrogens is 1. The van der Waals surface area contributed by atoms with E-state index in [1.54, 1.807) is 31.2 Å². The molecule has 120 valence electrons. The van der Waals surface area contributed by atoms with E-state index in [9.17, 15) is 14.7 Å². The number of aliphatic hydroxyl groups is 1. The number of nitrogens with zero attached hydrogens (tertiary/aromatic N) is 1. The van der Waals surface area contributed by atoms with Gasteiger partial charge in [-0.15, -0.1) is 0 Å². The van der Waals surface area contributed by atoms with Gasteiger partial charge >= 0.3 is 0 Å². The number of carbonyl (C=O) groups is 1. The molecule has 0 bridgehead atoms. The topological polar surface area (TPSA) is 95.1 Å². The van der Waals surface area contributed by atoms with Gasteiger partial charge in [0.2, 0.25) is 0 Å². The SMILES string of the molecule is Cc1cc(=O)[nH]c(-c2cccc(NC(=O)C3(O)CCCC3)c2)n1.